The van der Waals surface area contributed by atoms with Crippen LogP contribution in [0.3, 0.4) is 0 Å². The summed E-state index contributed by atoms with van der Waals surface area (Å²) < 4.78 is 7.99. The van der Waals surface area contributed by atoms with Crippen molar-refractivity contribution in [1.29, 1.82) is 0 Å². The summed E-state index contributed by atoms with van der Waals surface area (Å²) in [6.07, 6.45) is 2.15. The van der Waals surface area contributed by atoms with E-state index in [0.29, 0.717) is 6.61 Å². The van der Waals surface area contributed by atoms with Gasteiger partial charge in [0.1, 0.15) is 5.75 Å². The van der Waals surface area contributed by atoms with Crippen molar-refractivity contribution in [2.75, 3.05) is 17.7 Å². The van der Waals surface area contributed by atoms with Crippen LogP contribution in [0.5, 0.6) is 5.75 Å². The maximum absolute atomic E-state index is 11.9. The number of nitrogen functional groups attached to an aromatic ring is 1. The third-order valence-corrected chi connectivity index (χ3v) is 4.96. The molecule has 0 fully saturated rings. The molecule has 3 rings (SSSR count). The molecule has 0 aliphatic carbocycles. The van der Waals surface area contributed by atoms with Gasteiger partial charge in [0.25, 0.3) is 0 Å². The minimum Gasteiger partial charge on any atom is -0.494 e. The van der Waals surface area contributed by atoms with Crippen molar-refractivity contribution in [1.82, 2.24) is 9.88 Å². The van der Waals surface area contributed by atoms with Crippen LogP contribution in [-0.4, -0.2) is 23.2 Å². The Bertz CT molecular complexity index is 1010. The number of anilines is 2. The second kappa shape index (κ2) is 9.57. The van der Waals surface area contributed by atoms with Gasteiger partial charge in [0.05, 0.1) is 23.5 Å². The van der Waals surface area contributed by atoms with Crippen molar-refractivity contribution >= 4 is 28.3 Å². The number of unbranched alkanes of at least 4 members (excludes halogenated alkanes) is 1. The number of nitrogens with two attached hydrogens (primary N) is 1. The zero-order valence-corrected chi connectivity index (χ0v) is 18.3. The molecular weight excluding hydrogens is 376 g/mol. The number of nitrogens with one attached hydrogen (secondary N) is 2. The Morgan fingerprint density at radius 1 is 1.13 bits per heavy atom. The average Bonchev–Trinajstić information content (AvgIpc) is 2.98. The van der Waals surface area contributed by atoms with E-state index in [1.807, 2.05) is 57.2 Å². The summed E-state index contributed by atoms with van der Waals surface area (Å²) >= 11 is 0. The molecule has 2 aromatic carbocycles. The summed E-state index contributed by atoms with van der Waals surface area (Å²) in [5, 5.41) is 6.72. The Hall–Kier alpha value is -3.15. The number of ether oxygens (including phenoxy) is 1. The van der Waals surface area contributed by atoms with Crippen LogP contribution >= 0.6 is 0 Å². The number of rotatable bonds is 8. The number of nitrogens with zero attached hydrogens (tertiary/aromatic N) is 1. The number of hydrogen-bond donors (Lipinski definition) is 3. The van der Waals surface area contributed by atoms with Gasteiger partial charge >= 0.3 is 6.03 Å². The Balaban J connectivity index is 1.99. The molecule has 2 amide bonds. The molecule has 1 heterocycles. The molecule has 0 unspecified atom stereocenters. The summed E-state index contributed by atoms with van der Waals surface area (Å²) in [5.74, 6) is 0.850. The predicted octanol–water partition coefficient (Wildman–Crippen LogP) is 5.62. The minimum absolute atomic E-state index is 0.0833. The second-order valence-electron chi connectivity index (χ2n) is 7.71. The number of hydrogen-bond acceptors (Lipinski definition) is 3. The first kappa shape index (κ1) is 21.6. The fourth-order valence-electron chi connectivity index (χ4n) is 3.61. The van der Waals surface area contributed by atoms with E-state index in [4.69, 9.17) is 10.5 Å². The Kier molecular flexibility index (Phi) is 6.87. The molecule has 4 N–H and O–H groups in total. The lowest BCUT2D eigenvalue weighted by Gasteiger charge is -2.13. The number of aromatic nitrogens is 1. The van der Waals surface area contributed by atoms with Crippen LogP contribution in [0.25, 0.3) is 22.2 Å². The Morgan fingerprint density at radius 2 is 1.87 bits per heavy atom. The van der Waals surface area contributed by atoms with Crippen LogP contribution in [0.4, 0.5) is 16.2 Å². The third-order valence-electron chi connectivity index (χ3n) is 4.96. The molecule has 0 saturated carbocycles. The number of fused-ring (bicyclic) bond motifs is 1. The molecule has 0 saturated heterocycles. The third kappa shape index (κ3) is 4.70. The van der Waals surface area contributed by atoms with Gasteiger partial charge in [-0.05, 0) is 51.5 Å². The molecule has 6 heteroatoms. The molecule has 1 aromatic heterocycles. The van der Waals surface area contributed by atoms with E-state index in [9.17, 15) is 4.79 Å². The topological polar surface area (TPSA) is 81.3 Å². The lowest BCUT2D eigenvalue weighted by Crippen LogP contribution is -2.34. The number of carbonyl (C=O) groups is 1. The lowest BCUT2D eigenvalue weighted by atomic mass is 10.1. The van der Waals surface area contributed by atoms with Gasteiger partial charge < -0.3 is 25.7 Å². The highest BCUT2D eigenvalue weighted by atomic mass is 16.5. The van der Waals surface area contributed by atoms with Crippen LogP contribution in [0.2, 0.25) is 0 Å². The van der Waals surface area contributed by atoms with Crippen molar-refractivity contribution in [3.05, 3.63) is 42.5 Å². The molecule has 3 aromatic rings. The SMILES string of the molecule is CCCCn1c(-c2ccc(NC(=O)NC(C)C)cc2)c(N)c2ccc(OCC)cc21. The minimum atomic E-state index is -0.210. The lowest BCUT2D eigenvalue weighted by molar-refractivity contribution is 0.250. The number of benzene rings is 2. The molecule has 0 radical (unpaired) electrons. The molecular formula is C24H32N4O2. The highest BCUT2D eigenvalue weighted by molar-refractivity contribution is 6.01. The van der Waals surface area contributed by atoms with E-state index in [1.54, 1.807) is 0 Å². The van der Waals surface area contributed by atoms with Crippen molar-refractivity contribution in [3.63, 3.8) is 0 Å². The van der Waals surface area contributed by atoms with Gasteiger partial charge in [0, 0.05) is 35.3 Å². The second-order valence-corrected chi connectivity index (χ2v) is 7.71. The van der Waals surface area contributed by atoms with Gasteiger partial charge in [0.15, 0.2) is 0 Å². The monoisotopic (exact) mass is 408 g/mol. The summed E-state index contributed by atoms with van der Waals surface area (Å²) in [4.78, 5) is 11.9. The van der Waals surface area contributed by atoms with E-state index in [0.717, 1.165) is 58.7 Å². The van der Waals surface area contributed by atoms with Crippen LogP contribution in [0, 0.1) is 0 Å². The fourth-order valence-corrected chi connectivity index (χ4v) is 3.61. The Labute approximate surface area is 178 Å². The first-order chi connectivity index (χ1) is 14.4. The maximum atomic E-state index is 11.9. The van der Waals surface area contributed by atoms with Crippen LogP contribution in [0.15, 0.2) is 42.5 Å². The van der Waals surface area contributed by atoms with Crippen molar-refractivity contribution in [3.8, 4) is 17.0 Å². The largest absolute Gasteiger partial charge is 0.494 e. The summed E-state index contributed by atoms with van der Waals surface area (Å²) in [6.45, 7) is 9.53. The predicted molar refractivity (Wildman–Crippen MR) is 125 cm³/mol. The molecule has 0 aliphatic heterocycles. The van der Waals surface area contributed by atoms with Gasteiger partial charge in [-0.15, -0.1) is 0 Å². The Morgan fingerprint density at radius 3 is 2.50 bits per heavy atom. The van der Waals surface area contributed by atoms with E-state index in [-0.39, 0.29) is 12.1 Å². The van der Waals surface area contributed by atoms with Gasteiger partial charge in [0.2, 0.25) is 0 Å². The molecule has 160 valence electrons. The average molecular weight is 409 g/mol. The van der Waals surface area contributed by atoms with Crippen LogP contribution in [-0.2, 0) is 6.54 Å². The summed E-state index contributed by atoms with van der Waals surface area (Å²) in [7, 11) is 0. The zero-order chi connectivity index (χ0) is 21.7. The van der Waals surface area contributed by atoms with Crippen LogP contribution in [0.1, 0.15) is 40.5 Å². The standard InChI is InChI=1S/C24H32N4O2/c1-5-7-14-28-21-15-19(30-6-2)12-13-20(21)22(25)23(28)17-8-10-18(11-9-17)27-24(29)26-16(3)4/h8-13,15-16H,5-7,14,25H2,1-4H3,(H2,26,27,29). The van der Waals surface area contributed by atoms with E-state index < -0.39 is 0 Å². The molecule has 0 aliphatic rings. The zero-order valence-electron chi connectivity index (χ0n) is 18.3. The van der Waals surface area contributed by atoms with Crippen LogP contribution < -0.4 is 21.1 Å². The maximum Gasteiger partial charge on any atom is 0.319 e. The summed E-state index contributed by atoms with van der Waals surface area (Å²) in [6, 6.07) is 13.8. The van der Waals surface area contributed by atoms with Crippen molar-refractivity contribution in [2.45, 2.75) is 53.1 Å². The first-order valence-corrected chi connectivity index (χ1v) is 10.7. The van der Waals surface area contributed by atoms with Gasteiger partial charge in [-0.3, -0.25) is 0 Å². The number of carbonyl (C=O) groups excluding carboxylic acids is 1. The van der Waals surface area contributed by atoms with Gasteiger partial charge in [-0.2, -0.15) is 0 Å². The van der Waals surface area contributed by atoms with Gasteiger partial charge in [-0.1, -0.05) is 25.5 Å². The van der Waals surface area contributed by atoms with E-state index in [2.05, 4.69) is 28.2 Å². The molecule has 0 spiro atoms. The highest BCUT2D eigenvalue weighted by Crippen LogP contribution is 2.38. The molecule has 30 heavy (non-hydrogen) atoms. The fraction of sp³-hybridized carbons (Fsp3) is 0.375. The molecule has 6 nitrogen and oxygen atoms in total. The quantitative estimate of drug-likeness (QED) is 0.452. The summed E-state index contributed by atoms with van der Waals surface area (Å²) in [5.41, 5.74) is 11.2. The highest BCUT2D eigenvalue weighted by Gasteiger charge is 2.17. The normalized spacial score (nSPS) is 11.1. The number of aryl methyl sites for hydroxylation is 1. The van der Waals surface area contributed by atoms with Crippen molar-refractivity contribution in [2.24, 2.45) is 0 Å². The first-order valence-electron chi connectivity index (χ1n) is 10.7. The molecule has 0 bridgehead atoms. The number of urea groups is 1. The molecule has 0 atom stereocenters. The smallest absolute Gasteiger partial charge is 0.319 e. The van der Waals surface area contributed by atoms with E-state index >= 15 is 0 Å². The number of amides is 2. The van der Waals surface area contributed by atoms with Crippen molar-refractivity contribution < 1.29 is 9.53 Å². The van der Waals surface area contributed by atoms with Gasteiger partial charge in [-0.25, -0.2) is 4.79 Å². The van der Waals surface area contributed by atoms with E-state index in [1.165, 1.54) is 0 Å².